The highest BCUT2D eigenvalue weighted by atomic mass is 32.2. The number of ether oxygens (including phenoxy) is 2. The van der Waals surface area contributed by atoms with Gasteiger partial charge in [-0.2, -0.15) is 0 Å². The van der Waals surface area contributed by atoms with Crippen molar-refractivity contribution in [3.05, 3.63) is 0 Å². The molecule has 2 N–H and O–H groups in total. The van der Waals surface area contributed by atoms with Gasteiger partial charge >= 0.3 is 6.03 Å². The first-order valence-corrected chi connectivity index (χ1v) is 9.73. The standard InChI is InChI=1S/C14H27N3O4S/c1-3-12(20-2)10-16-13(18)17-6-7-21-14(11-17)4-8-22(15,19)9-5-14/h12,15H,3-11H2,1-2H3,(H,16,18). The first kappa shape index (κ1) is 17.5. The first-order chi connectivity index (χ1) is 10.4. The minimum Gasteiger partial charge on any atom is -0.380 e. The molecule has 2 fully saturated rings. The minimum atomic E-state index is -2.44. The second kappa shape index (κ2) is 7.14. The van der Waals surface area contributed by atoms with Gasteiger partial charge in [0.2, 0.25) is 0 Å². The van der Waals surface area contributed by atoms with Gasteiger partial charge in [0.15, 0.2) is 0 Å². The fraction of sp³-hybridized carbons (Fsp3) is 0.929. The Morgan fingerprint density at radius 2 is 2.18 bits per heavy atom. The highest BCUT2D eigenvalue weighted by Crippen LogP contribution is 2.31. The van der Waals surface area contributed by atoms with Crippen molar-refractivity contribution >= 4 is 15.8 Å². The number of nitrogens with one attached hydrogen (secondary N) is 2. The lowest BCUT2D eigenvalue weighted by atomic mass is 9.94. The molecule has 0 saturated carbocycles. The van der Waals surface area contributed by atoms with Crippen LogP contribution in [0.2, 0.25) is 0 Å². The molecule has 2 amide bonds. The van der Waals surface area contributed by atoms with Crippen molar-refractivity contribution in [1.82, 2.24) is 10.2 Å². The lowest BCUT2D eigenvalue weighted by molar-refractivity contribution is -0.102. The molecule has 0 radical (unpaired) electrons. The molecule has 2 heterocycles. The van der Waals surface area contributed by atoms with E-state index in [0.29, 0.717) is 50.6 Å². The highest BCUT2D eigenvalue weighted by molar-refractivity contribution is 7.92. The zero-order valence-corrected chi connectivity index (χ0v) is 14.2. The van der Waals surface area contributed by atoms with E-state index < -0.39 is 15.3 Å². The number of morpholine rings is 1. The van der Waals surface area contributed by atoms with E-state index in [2.05, 4.69) is 5.32 Å². The van der Waals surface area contributed by atoms with E-state index in [4.69, 9.17) is 14.3 Å². The van der Waals surface area contributed by atoms with Crippen molar-refractivity contribution in [2.24, 2.45) is 0 Å². The lowest BCUT2D eigenvalue weighted by Gasteiger charge is -2.45. The van der Waals surface area contributed by atoms with E-state index in [1.807, 2.05) is 6.92 Å². The van der Waals surface area contributed by atoms with Crippen molar-refractivity contribution in [2.75, 3.05) is 44.9 Å². The summed E-state index contributed by atoms with van der Waals surface area (Å²) in [4.78, 5) is 14.1. The van der Waals surface area contributed by atoms with Crippen LogP contribution in [0.5, 0.6) is 0 Å². The number of nitrogens with zero attached hydrogens (tertiary/aromatic N) is 1. The van der Waals surface area contributed by atoms with Crippen molar-refractivity contribution in [3.63, 3.8) is 0 Å². The summed E-state index contributed by atoms with van der Waals surface area (Å²) < 4.78 is 30.6. The van der Waals surface area contributed by atoms with Crippen LogP contribution >= 0.6 is 0 Å². The Hall–Kier alpha value is -0.860. The normalized spacial score (nSPS) is 33.6. The van der Waals surface area contributed by atoms with Gasteiger partial charge in [-0.05, 0) is 19.3 Å². The topological polar surface area (TPSA) is 91.7 Å². The summed E-state index contributed by atoms with van der Waals surface area (Å²) in [5.74, 6) is 0.730. The SMILES string of the molecule is CCC(CNC(=O)N1CCOC2(CCS(=N)(=O)CC2)C1)OC. The molecule has 0 aromatic heterocycles. The van der Waals surface area contributed by atoms with Gasteiger partial charge in [-0.3, -0.25) is 4.78 Å². The van der Waals surface area contributed by atoms with Crippen molar-refractivity contribution < 1.29 is 18.5 Å². The van der Waals surface area contributed by atoms with E-state index in [1.54, 1.807) is 12.0 Å². The molecule has 8 heteroatoms. The molecule has 2 aliphatic heterocycles. The monoisotopic (exact) mass is 333 g/mol. The summed E-state index contributed by atoms with van der Waals surface area (Å²) >= 11 is 0. The van der Waals surface area contributed by atoms with Crippen LogP contribution in [-0.4, -0.2) is 71.7 Å². The predicted octanol–water partition coefficient (Wildman–Crippen LogP) is 1.03. The predicted molar refractivity (Wildman–Crippen MR) is 84.6 cm³/mol. The average molecular weight is 333 g/mol. The summed E-state index contributed by atoms with van der Waals surface area (Å²) in [6.07, 6.45) is 2.06. The van der Waals surface area contributed by atoms with Crippen molar-refractivity contribution in [3.8, 4) is 0 Å². The second-order valence-corrected chi connectivity index (χ2v) is 8.57. The summed E-state index contributed by atoms with van der Waals surface area (Å²) in [6, 6.07) is -0.102. The molecule has 0 aromatic carbocycles. The number of hydrogen-bond donors (Lipinski definition) is 2. The molecule has 2 aliphatic rings. The first-order valence-electron chi connectivity index (χ1n) is 7.83. The smallest absolute Gasteiger partial charge is 0.317 e. The summed E-state index contributed by atoms with van der Waals surface area (Å²) in [7, 11) is -0.796. The third kappa shape index (κ3) is 4.33. The molecular formula is C14H27N3O4S. The highest BCUT2D eigenvalue weighted by Gasteiger charge is 2.41. The maximum absolute atomic E-state index is 12.3. The number of urea groups is 1. The van der Waals surface area contributed by atoms with E-state index in [0.717, 1.165) is 6.42 Å². The average Bonchev–Trinajstić information content (AvgIpc) is 2.52. The molecular weight excluding hydrogens is 306 g/mol. The molecule has 7 nitrogen and oxygen atoms in total. The molecule has 2 saturated heterocycles. The number of carbonyl (C=O) groups is 1. The van der Waals surface area contributed by atoms with Crippen LogP contribution in [0.4, 0.5) is 4.79 Å². The third-order valence-corrected chi connectivity index (χ3v) is 6.31. The van der Waals surface area contributed by atoms with Gasteiger partial charge in [-0.15, -0.1) is 0 Å². The van der Waals surface area contributed by atoms with Gasteiger partial charge in [0, 0.05) is 41.4 Å². The Morgan fingerprint density at radius 1 is 1.50 bits per heavy atom. The van der Waals surface area contributed by atoms with Crippen LogP contribution in [0.15, 0.2) is 0 Å². The van der Waals surface area contributed by atoms with Crippen LogP contribution in [-0.2, 0) is 19.2 Å². The van der Waals surface area contributed by atoms with E-state index in [-0.39, 0.29) is 12.1 Å². The fourth-order valence-corrected chi connectivity index (χ4v) is 4.56. The Morgan fingerprint density at radius 3 is 2.77 bits per heavy atom. The number of carbonyl (C=O) groups excluding carboxylic acids is 1. The van der Waals surface area contributed by atoms with Gasteiger partial charge < -0.3 is 19.7 Å². The number of amides is 2. The maximum Gasteiger partial charge on any atom is 0.317 e. The van der Waals surface area contributed by atoms with Gasteiger partial charge in [0.1, 0.15) is 0 Å². The summed E-state index contributed by atoms with van der Waals surface area (Å²) in [5.41, 5.74) is -0.414. The fourth-order valence-electron chi connectivity index (χ4n) is 2.96. The van der Waals surface area contributed by atoms with Crippen LogP contribution in [0.1, 0.15) is 26.2 Å². The Kier molecular flexibility index (Phi) is 5.68. The largest absolute Gasteiger partial charge is 0.380 e. The Bertz CT molecular complexity index is 476. The van der Waals surface area contributed by atoms with Crippen LogP contribution < -0.4 is 5.32 Å². The zero-order chi connectivity index (χ0) is 16.2. The zero-order valence-electron chi connectivity index (χ0n) is 13.4. The van der Waals surface area contributed by atoms with Gasteiger partial charge in [0.25, 0.3) is 0 Å². The van der Waals surface area contributed by atoms with Crippen LogP contribution in [0.3, 0.4) is 0 Å². The van der Waals surface area contributed by atoms with Gasteiger partial charge in [0.05, 0.1) is 24.9 Å². The van der Waals surface area contributed by atoms with Crippen LogP contribution in [0, 0.1) is 4.78 Å². The Labute approximate surface area is 132 Å². The molecule has 1 spiro atoms. The number of methoxy groups -OCH3 is 1. The van der Waals surface area contributed by atoms with E-state index in [1.165, 1.54) is 0 Å². The van der Waals surface area contributed by atoms with Crippen molar-refractivity contribution in [2.45, 2.75) is 37.9 Å². The summed E-state index contributed by atoms with van der Waals surface area (Å²) in [6.45, 7) is 4.08. The molecule has 0 aliphatic carbocycles. The molecule has 0 aromatic rings. The van der Waals surface area contributed by atoms with Gasteiger partial charge in [-0.25, -0.2) is 9.00 Å². The molecule has 128 valence electrons. The molecule has 0 bridgehead atoms. The number of rotatable bonds is 4. The number of hydrogen-bond acceptors (Lipinski definition) is 5. The molecule has 1 atom stereocenters. The lowest BCUT2D eigenvalue weighted by Crippen LogP contribution is -2.58. The van der Waals surface area contributed by atoms with Crippen LogP contribution in [0.25, 0.3) is 0 Å². The van der Waals surface area contributed by atoms with Crippen molar-refractivity contribution in [1.29, 1.82) is 4.78 Å². The second-order valence-electron chi connectivity index (χ2n) is 6.13. The quantitative estimate of drug-likeness (QED) is 0.804. The third-order valence-electron chi connectivity index (χ3n) is 4.58. The molecule has 2 rings (SSSR count). The molecule has 1 unspecified atom stereocenters. The van der Waals surface area contributed by atoms with Gasteiger partial charge in [-0.1, -0.05) is 6.92 Å². The van der Waals surface area contributed by atoms with E-state index >= 15 is 0 Å². The summed E-state index contributed by atoms with van der Waals surface area (Å²) in [5, 5.41) is 2.91. The maximum atomic E-state index is 12.3. The Balaban J connectivity index is 1.89. The minimum absolute atomic E-state index is 0.0293. The van der Waals surface area contributed by atoms with E-state index in [9.17, 15) is 9.00 Å². The molecule has 22 heavy (non-hydrogen) atoms.